The average molecular weight is 285 g/mol. The van der Waals surface area contributed by atoms with Crippen molar-refractivity contribution in [3.63, 3.8) is 0 Å². The maximum Gasteiger partial charge on any atom is 0.119 e. The Kier molecular flexibility index (Phi) is 5.22. The highest BCUT2D eigenvalue weighted by molar-refractivity contribution is 5.41. The van der Waals surface area contributed by atoms with Crippen molar-refractivity contribution in [2.75, 3.05) is 14.2 Å². The van der Waals surface area contributed by atoms with Gasteiger partial charge in [0.2, 0.25) is 0 Å². The Morgan fingerprint density at radius 3 is 1.38 bits per heavy atom. The summed E-state index contributed by atoms with van der Waals surface area (Å²) in [4.78, 5) is 0. The lowest BCUT2D eigenvalue weighted by Crippen LogP contribution is -1.89. The van der Waals surface area contributed by atoms with Crippen molar-refractivity contribution >= 4 is 11.4 Å². The first kappa shape index (κ1) is 14.4. The Balaban J connectivity index is 1.84. The molecule has 0 aromatic heterocycles. The first-order chi connectivity index (χ1) is 10.3. The number of hydrogen-bond acceptors (Lipinski definition) is 6. The van der Waals surface area contributed by atoms with Crippen molar-refractivity contribution in [1.29, 1.82) is 0 Å². The Labute approximate surface area is 122 Å². The molecule has 0 spiro atoms. The first-order valence-corrected chi connectivity index (χ1v) is 6.16. The number of ether oxygens (including phenoxy) is 2. The highest BCUT2D eigenvalue weighted by Gasteiger charge is 1.92. The van der Waals surface area contributed by atoms with Crippen LogP contribution in [0.15, 0.2) is 69.2 Å². The van der Waals surface area contributed by atoms with Crippen LogP contribution in [0.5, 0.6) is 11.5 Å². The van der Waals surface area contributed by atoms with Crippen LogP contribution in [-0.2, 0) is 0 Å². The van der Waals surface area contributed by atoms with Crippen molar-refractivity contribution in [3.8, 4) is 11.5 Å². The molecule has 0 unspecified atom stereocenters. The van der Waals surface area contributed by atoms with E-state index in [9.17, 15) is 0 Å². The van der Waals surface area contributed by atoms with Crippen LogP contribution in [0.4, 0.5) is 11.4 Å². The molecule has 7 nitrogen and oxygen atoms in total. The Morgan fingerprint density at radius 2 is 1.05 bits per heavy atom. The van der Waals surface area contributed by atoms with Crippen molar-refractivity contribution in [3.05, 3.63) is 48.5 Å². The summed E-state index contributed by atoms with van der Waals surface area (Å²) in [6.07, 6.45) is 0. The summed E-state index contributed by atoms with van der Waals surface area (Å²) in [5.74, 6) is 1.53. The van der Waals surface area contributed by atoms with Gasteiger partial charge >= 0.3 is 0 Å². The molecule has 0 radical (unpaired) electrons. The molecule has 108 valence electrons. The van der Waals surface area contributed by atoms with E-state index in [1.165, 1.54) is 0 Å². The quantitative estimate of drug-likeness (QED) is 0.643. The summed E-state index contributed by atoms with van der Waals surface area (Å²) in [6, 6.07) is 14.3. The fourth-order valence-electron chi connectivity index (χ4n) is 1.48. The van der Waals surface area contributed by atoms with Crippen molar-refractivity contribution in [2.45, 2.75) is 0 Å². The predicted octanol–water partition coefficient (Wildman–Crippen LogP) is 3.99. The van der Waals surface area contributed by atoms with Crippen LogP contribution in [0.25, 0.3) is 0 Å². The SMILES string of the molecule is COc1ccc(N=NNN=Nc2ccc(OC)cc2)cc1. The van der Waals surface area contributed by atoms with Gasteiger partial charge < -0.3 is 9.47 Å². The Morgan fingerprint density at radius 1 is 0.667 bits per heavy atom. The molecular formula is C14H15N5O2. The first-order valence-electron chi connectivity index (χ1n) is 6.16. The zero-order valence-corrected chi connectivity index (χ0v) is 11.7. The molecule has 0 aliphatic heterocycles. The second kappa shape index (κ2) is 7.59. The van der Waals surface area contributed by atoms with E-state index in [-0.39, 0.29) is 0 Å². The van der Waals surface area contributed by atoms with Gasteiger partial charge in [-0.15, -0.1) is 10.2 Å². The number of nitrogens with one attached hydrogen (secondary N) is 1. The third-order valence-electron chi connectivity index (χ3n) is 2.57. The van der Waals surface area contributed by atoms with Gasteiger partial charge in [0.25, 0.3) is 0 Å². The summed E-state index contributed by atoms with van der Waals surface area (Å²) in [7, 11) is 3.22. The van der Waals surface area contributed by atoms with Crippen LogP contribution >= 0.6 is 0 Å². The van der Waals surface area contributed by atoms with E-state index in [0.717, 1.165) is 11.5 Å². The second-order valence-electron chi connectivity index (χ2n) is 3.90. The summed E-state index contributed by atoms with van der Waals surface area (Å²) < 4.78 is 10.1. The number of rotatable bonds is 6. The number of methoxy groups -OCH3 is 2. The van der Waals surface area contributed by atoms with Crippen LogP contribution in [0.2, 0.25) is 0 Å². The average Bonchev–Trinajstić information content (AvgIpc) is 2.55. The summed E-state index contributed by atoms with van der Waals surface area (Å²) in [5.41, 5.74) is 3.76. The predicted molar refractivity (Wildman–Crippen MR) is 78.2 cm³/mol. The summed E-state index contributed by atoms with van der Waals surface area (Å²) >= 11 is 0. The number of hydrogen-bond donors (Lipinski definition) is 1. The maximum atomic E-state index is 5.05. The van der Waals surface area contributed by atoms with Gasteiger partial charge in [0.15, 0.2) is 0 Å². The zero-order valence-electron chi connectivity index (χ0n) is 11.7. The van der Waals surface area contributed by atoms with E-state index in [4.69, 9.17) is 9.47 Å². The van der Waals surface area contributed by atoms with Gasteiger partial charge in [-0.05, 0) is 48.5 Å². The minimum absolute atomic E-state index is 0.683. The Bertz CT molecular complexity index is 553. The van der Waals surface area contributed by atoms with Crippen molar-refractivity contribution in [1.82, 2.24) is 5.53 Å². The number of nitrogens with zero attached hydrogens (tertiary/aromatic N) is 4. The van der Waals surface area contributed by atoms with E-state index in [1.807, 2.05) is 0 Å². The van der Waals surface area contributed by atoms with Gasteiger partial charge in [-0.2, -0.15) is 5.53 Å². The molecule has 2 aromatic carbocycles. The highest BCUT2D eigenvalue weighted by Crippen LogP contribution is 2.18. The lowest BCUT2D eigenvalue weighted by atomic mass is 10.3. The molecule has 0 aliphatic rings. The van der Waals surface area contributed by atoms with Gasteiger partial charge in [0.1, 0.15) is 11.5 Å². The molecule has 0 atom stereocenters. The Hall–Kier alpha value is -2.96. The van der Waals surface area contributed by atoms with Gasteiger partial charge in [-0.3, -0.25) is 0 Å². The fraction of sp³-hybridized carbons (Fsp3) is 0.143. The van der Waals surface area contributed by atoms with Gasteiger partial charge in [0.05, 0.1) is 25.6 Å². The smallest absolute Gasteiger partial charge is 0.119 e. The maximum absolute atomic E-state index is 5.05. The normalized spacial score (nSPS) is 11.0. The molecule has 0 fully saturated rings. The van der Waals surface area contributed by atoms with E-state index in [1.54, 1.807) is 62.8 Å². The van der Waals surface area contributed by atoms with Crippen LogP contribution in [0.1, 0.15) is 0 Å². The molecule has 0 heterocycles. The largest absolute Gasteiger partial charge is 0.497 e. The molecular weight excluding hydrogens is 270 g/mol. The molecule has 2 rings (SSSR count). The third kappa shape index (κ3) is 4.57. The number of benzene rings is 2. The van der Waals surface area contributed by atoms with Gasteiger partial charge in [0, 0.05) is 0 Å². The minimum Gasteiger partial charge on any atom is -0.497 e. The zero-order chi connectivity index (χ0) is 14.9. The fourth-order valence-corrected chi connectivity index (χ4v) is 1.48. The standard InChI is InChI=1S/C14H15N5O2/c1-20-13-7-3-11(4-8-13)15-17-19-18-16-12-5-9-14(21-2)10-6-12/h3-10H,1-2H3,(H,15,16,19). The van der Waals surface area contributed by atoms with Crippen molar-refractivity contribution in [2.24, 2.45) is 20.7 Å². The van der Waals surface area contributed by atoms with Gasteiger partial charge in [-0.25, -0.2) is 0 Å². The van der Waals surface area contributed by atoms with E-state index in [2.05, 4.69) is 26.2 Å². The summed E-state index contributed by atoms with van der Waals surface area (Å²) in [6.45, 7) is 0. The monoisotopic (exact) mass is 285 g/mol. The second-order valence-corrected chi connectivity index (χ2v) is 3.90. The molecule has 0 amide bonds. The van der Waals surface area contributed by atoms with Crippen LogP contribution in [-0.4, -0.2) is 14.2 Å². The van der Waals surface area contributed by atoms with Crippen LogP contribution in [0.3, 0.4) is 0 Å². The molecule has 21 heavy (non-hydrogen) atoms. The summed E-state index contributed by atoms with van der Waals surface area (Å²) in [5, 5.41) is 15.2. The molecule has 1 N–H and O–H groups in total. The molecule has 0 aliphatic carbocycles. The molecule has 0 bridgehead atoms. The van der Waals surface area contributed by atoms with Crippen molar-refractivity contribution < 1.29 is 9.47 Å². The minimum atomic E-state index is 0.683. The highest BCUT2D eigenvalue weighted by atomic mass is 16.5. The molecule has 7 heteroatoms. The third-order valence-corrected chi connectivity index (χ3v) is 2.57. The van der Waals surface area contributed by atoms with E-state index < -0.39 is 0 Å². The van der Waals surface area contributed by atoms with E-state index >= 15 is 0 Å². The van der Waals surface area contributed by atoms with Crippen LogP contribution < -0.4 is 15.0 Å². The molecule has 2 aromatic rings. The molecule has 0 saturated carbocycles. The lowest BCUT2D eigenvalue weighted by Gasteiger charge is -1.98. The van der Waals surface area contributed by atoms with Gasteiger partial charge in [-0.1, -0.05) is 10.4 Å². The van der Waals surface area contributed by atoms with E-state index in [0.29, 0.717) is 11.4 Å². The molecule has 0 saturated heterocycles. The van der Waals surface area contributed by atoms with Crippen LogP contribution in [0, 0.1) is 0 Å². The topological polar surface area (TPSA) is 79.9 Å². The lowest BCUT2D eigenvalue weighted by molar-refractivity contribution is 0.414.